The molecule has 4 aromatic rings. The number of fused-ring (bicyclic) bond motifs is 1. The lowest BCUT2D eigenvalue weighted by molar-refractivity contribution is -0.137. The van der Waals surface area contributed by atoms with Crippen molar-refractivity contribution in [3.63, 3.8) is 0 Å². The molecular weight excluding hydrogens is 567 g/mol. The molecule has 40 heavy (non-hydrogen) atoms. The largest absolute Gasteiger partial charge is 0.456 e. The molecule has 2 aromatic carbocycles. The highest BCUT2D eigenvalue weighted by atomic mass is 35.5. The molecule has 2 heterocycles. The number of nitrogens with zero attached hydrogens (tertiary/aromatic N) is 3. The molecular formula is C27H29ClF3N5O3S. The zero-order valence-corrected chi connectivity index (χ0v) is 23.6. The summed E-state index contributed by atoms with van der Waals surface area (Å²) in [6.07, 6.45) is 2.57. The highest BCUT2D eigenvalue weighted by Crippen LogP contribution is 2.37. The van der Waals surface area contributed by atoms with Crippen LogP contribution in [0, 0.1) is 0 Å². The van der Waals surface area contributed by atoms with Crippen LogP contribution < -0.4 is 10.1 Å². The van der Waals surface area contributed by atoms with E-state index in [-0.39, 0.29) is 28.2 Å². The average molecular weight is 596 g/mol. The Morgan fingerprint density at radius 1 is 1.20 bits per heavy atom. The summed E-state index contributed by atoms with van der Waals surface area (Å²) >= 11 is 6.40. The fourth-order valence-corrected chi connectivity index (χ4v) is 5.09. The Labute approximate surface area is 236 Å². The van der Waals surface area contributed by atoms with Crippen molar-refractivity contribution in [2.75, 3.05) is 36.7 Å². The molecule has 0 fully saturated rings. The van der Waals surface area contributed by atoms with Gasteiger partial charge in [0.05, 0.1) is 27.2 Å². The number of rotatable bonds is 10. The lowest BCUT2D eigenvalue weighted by Crippen LogP contribution is -2.36. The predicted octanol–water partition coefficient (Wildman–Crippen LogP) is 7.09. The normalized spacial score (nSPS) is 12.4. The van der Waals surface area contributed by atoms with Crippen LogP contribution in [0.1, 0.15) is 18.2 Å². The third kappa shape index (κ3) is 7.38. The summed E-state index contributed by atoms with van der Waals surface area (Å²) < 4.78 is 54.8. The Morgan fingerprint density at radius 2 is 1.98 bits per heavy atom. The van der Waals surface area contributed by atoms with Crippen molar-refractivity contribution in [2.24, 2.45) is 0 Å². The first-order valence-electron chi connectivity index (χ1n) is 12.3. The fraction of sp³-hybridized carbons (Fsp3) is 0.296. The minimum absolute atomic E-state index is 0.00969. The minimum atomic E-state index is -4.49. The second kappa shape index (κ2) is 11.9. The number of alkyl halides is 3. The van der Waals surface area contributed by atoms with E-state index in [0.29, 0.717) is 36.5 Å². The van der Waals surface area contributed by atoms with E-state index < -0.39 is 22.0 Å². The minimum Gasteiger partial charge on any atom is -0.456 e. The number of ether oxygens (including phenoxy) is 1. The van der Waals surface area contributed by atoms with E-state index >= 15 is 0 Å². The van der Waals surface area contributed by atoms with Crippen LogP contribution in [0.25, 0.3) is 10.9 Å². The molecule has 2 aromatic heterocycles. The number of halogens is 4. The summed E-state index contributed by atoms with van der Waals surface area (Å²) in [5.41, 5.74) is 1.26. The number of amides is 1. The van der Waals surface area contributed by atoms with Crippen molar-refractivity contribution < 1.29 is 27.3 Å². The molecule has 3 N–H and O–H groups in total. The number of carbonyl (C=O) groups is 1. The van der Waals surface area contributed by atoms with Crippen molar-refractivity contribution >= 4 is 50.2 Å². The van der Waals surface area contributed by atoms with Crippen LogP contribution in [0.5, 0.6) is 11.5 Å². The highest BCUT2D eigenvalue weighted by Gasteiger charge is 2.30. The number of benzene rings is 2. The van der Waals surface area contributed by atoms with Gasteiger partial charge in [0.2, 0.25) is 5.91 Å². The smallest absolute Gasteiger partial charge is 0.416 e. The number of aromatic nitrogens is 3. The van der Waals surface area contributed by atoms with Crippen molar-refractivity contribution in [1.29, 1.82) is 0 Å². The Kier molecular flexibility index (Phi) is 8.81. The Morgan fingerprint density at radius 3 is 2.65 bits per heavy atom. The first-order chi connectivity index (χ1) is 18.8. The summed E-state index contributed by atoms with van der Waals surface area (Å²) in [6, 6.07) is 9.37. The molecule has 0 aliphatic rings. The standard InChI is InChI=1S/C27H29ClF3N5O3S/c1-4-36(24(37)15-40(2,3)38)11-10-21-25-22(14-32-21)33-16-34-26(25)35-18-8-9-23(20(28)13-18)39-19-7-5-6-17(12-19)27(29,30)31/h5-9,12-14,16,32,38H,4,10-11,15H2,1-3H3,(H,33,34,35). The van der Waals surface area contributed by atoms with Gasteiger partial charge in [-0.1, -0.05) is 17.7 Å². The highest BCUT2D eigenvalue weighted by molar-refractivity contribution is 8.28. The maximum absolute atomic E-state index is 13.0. The third-order valence-corrected chi connectivity index (χ3v) is 7.24. The van der Waals surface area contributed by atoms with Crippen LogP contribution in [-0.4, -0.2) is 61.7 Å². The molecule has 0 spiro atoms. The molecule has 0 saturated carbocycles. The van der Waals surface area contributed by atoms with Gasteiger partial charge in [0.1, 0.15) is 23.6 Å². The van der Waals surface area contributed by atoms with Gasteiger partial charge in [-0.2, -0.15) is 13.2 Å². The number of nitrogens with one attached hydrogen (secondary N) is 2. The molecule has 0 aliphatic carbocycles. The van der Waals surface area contributed by atoms with Gasteiger partial charge in [0, 0.05) is 37.1 Å². The molecule has 0 atom stereocenters. The fourth-order valence-electron chi connectivity index (χ4n) is 4.09. The van der Waals surface area contributed by atoms with E-state index in [1.54, 1.807) is 41.8 Å². The molecule has 0 radical (unpaired) electrons. The van der Waals surface area contributed by atoms with E-state index in [2.05, 4.69) is 20.3 Å². The van der Waals surface area contributed by atoms with Crippen LogP contribution in [0.2, 0.25) is 5.02 Å². The van der Waals surface area contributed by atoms with E-state index in [1.807, 2.05) is 6.92 Å². The Bertz CT molecular complexity index is 1510. The summed E-state index contributed by atoms with van der Waals surface area (Å²) in [6.45, 7) is 2.86. The number of anilines is 2. The van der Waals surface area contributed by atoms with Gasteiger partial charge >= 0.3 is 6.18 Å². The predicted molar refractivity (Wildman–Crippen MR) is 153 cm³/mol. The van der Waals surface area contributed by atoms with E-state index in [1.165, 1.54) is 18.5 Å². The van der Waals surface area contributed by atoms with Gasteiger partial charge in [-0.15, -0.1) is 10.3 Å². The molecule has 0 bridgehead atoms. The van der Waals surface area contributed by atoms with Crippen molar-refractivity contribution in [2.45, 2.75) is 19.5 Å². The van der Waals surface area contributed by atoms with Crippen LogP contribution in [0.15, 0.2) is 55.0 Å². The second-order valence-electron chi connectivity index (χ2n) is 9.50. The summed E-state index contributed by atoms with van der Waals surface area (Å²) in [4.78, 5) is 26.3. The van der Waals surface area contributed by atoms with Gasteiger partial charge in [0.15, 0.2) is 0 Å². The number of H-pyrrole nitrogens is 1. The summed E-state index contributed by atoms with van der Waals surface area (Å²) in [5, 5.41) is 4.16. The molecule has 1 amide bonds. The molecule has 0 saturated heterocycles. The van der Waals surface area contributed by atoms with Gasteiger partial charge < -0.3 is 24.5 Å². The van der Waals surface area contributed by atoms with Crippen molar-refractivity contribution in [3.8, 4) is 11.5 Å². The van der Waals surface area contributed by atoms with Crippen LogP contribution in [0.3, 0.4) is 0 Å². The molecule has 214 valence electrons. The molecule has 8 nitrogen and oxygen atoms in total. The monoisotopic (exact) mass is 595 g/mol. The SMILES string of the molecule is CCN(CCc1[nH]cc2ncnc(Nc3ccc(Oc4cccc(C(F)(F)F)c4)c(Cl)c3)c12)C(=O)CS(C)(C)O. The summed E-state index contributed by atoms with van der Waals surface area (Å²) in [5.74, 6) is 0.724. The molecule has 0 unspecified atom stereocenters. The lowest BCUT2D eigenvalue weighted by Gasteiger charge is -2.27. The maximum Gasteiger partial charge on any atom is 0.416 e. The first kappa shape index (κ1) is 29.5. The number of hydrogen-bond donors (Lipinski definition) is 3. The van der Waals surface area contributed by atoms with Gasteiger partial charge in [-0.25, -0.2) is 9.97 Å². The summed E-state index contributed by atoms with van der Waals surface area (Å²) in [7, 11) is -1.95. The topological polar surface area (TPSA) is 103 Å². The number of hydrogen-bond acceptors (Lipinski definition) is 6. The second-order valence-corrected chi connectivity index (χ2v) is 13.2. The Balaban J connectivity index is 1.51. The molecule has 4 rings (SSSR count). The van der Waals surface area contributed by atoms with Gasteiger partial charge in [0.25, 0.3) is 0 Å². The third-order valence-electron chi connectivity index (χ3n) is 5.99. The van der Waals surface area contributed by atoms with E-state index in [4.69, 9.17) is 16.3 Å². The maximum atomic E-state index is 13.0. The lowest BCUT2D eigenvalue weighted by atomic mass is 10.2. The number of aromatic amines is 1. The zero-order valence-electron chi connectivity index (χ0n) is 22.1. The van der Waals surface area contributed by atoms with Gasteiger partial charge in [-0.3, -0.25) is 4.79 Å². The molecule has 0 aliphatic heterocycles. The van der Waals surface area contributed by atoms with Crippen LogP contribution >= 0.6 is 21.9 Å². The average Bonchev–Trinajstić information content (AvgIpc) is 3.29. The Hall–Kier alpha value is -3.48. The van der Waals surface area contributed by atoms with Gasteiger partial charge in [-0.05, 0) is 55.8 Å². The zero-order chi connectivity index (χ0) is 29.1. The first-order valence-corrected chi connectivity index (χ1v) is 15.2. The van der Waals surface area contributed by atoms with Crippen molar-refractivity contribution in [1.82, 2.24) is 19.9 Å². The van der Waals surface area contributed by atoms with E-state index in [0.717, 1.165) is 23.2 Å². The molecule has 13 heteroatoms. The van der Waals surface area contributed by atoms with E-state index in [9.17, 15) is 22.5 Å². The number of carbonyl (C=O) groups excluding carboxylic acids is 1. The van der Waals surface area contributed by atoms with Crippen molar-refractivity contribution in [3.05, 3.63) is 71.3 Å². The van der Waals surface area contributed by atoms with Crippen LogP contribution in [0.4, 0.5) is 24.7 Å². The van der Waals surface area contributed by atoms with Crippen LogP contribution in [-0.2, 0) is 17.4 Å². The number of likely N-dealkylation sites (N-methyl/N-ethyl adjacent to an activating group) is 1. The quantitative estimate of drug-likeness (QED) is 0.181.